The van der Waals surface area contributed by atoms with E-state index in [1.54, 1.807) is 22.8 Å². The van der Waals surface area contributed by atoms with Gasteiger partial charge >= 0.3 is 0 Å². The predicted octanol–water partition coefficient (Wildman–Crippen LogP) is 3.43. The summed E-state index contributed by atoms with van der Waals surface area (Å²) in [6.45, 7) is 3.06. The number of thiocarbonyl (C=S) groups is 1. The van der Waals surface area contributed by atoms with E-state index < -0.39 is 0 Å². The molecule has 0 amide bonds. The number of pyridine rings is 1. The van der Waals surface area contributed by atoms with E-state index in [0.29, 0.717) is 41.0 Å². The van der Waals surface area contributed by atoms with Crippen molar-refractivity contribution in [1.82, 2.24) is 0 Å². The van der Waals surface area contributed by atoms with Crippen LogP contribution in [0, 0.1) is 0 Å². The van der Waals surface area contributed by atoms with Crippen molar-refractivity contribution >= 4 is 34.3 Å². The normalized spacial score (nSPS) is 13.4. The fourth-order valence-electron chi connectivity index (χ4n) is 3.27. The summed E-state index contributed by atoms with van der Waals surface area (Å²) in [4.78, 5) is 0.347. The smallest absolute Gasteiger partial charge is 0.238 e. The minimum atomic E-state index is -0.202. The maximum Gasteiger partial charge on any atom is 0.238 e. The molecule has 1 aromatic heterocycles. The van der Waals surface area contributed by atoms with Crippen molar-refractivity contribution in [3.8, 4) is 11.5 Å². The molecule has 0 spiro atoms. The Bertz CT molecular complexity index is 1100. The van der Waals surface area contributed by atoms with Crippen LogP contribution in [-0.2, 0) is 6.42 Å². The zero-order chi connectivity index (χ0) is 20.9. The first kappa shape index (κ1) is 19.9. The summed E-state index contributed by atoms with van der Waals surface area (Å²) in [6.07, 6.45) is 4.53. The molecule has 0 bridgehead atoms. The van der Waals surface area contributed by atoms with Crippen molar-refractivity contribution in [1.29, 1.82) is 0 Å². The molecule has 0 atom stereocenters. The fraction of sp³-hybridized carbons (Fsp3) is 0.167. The van der Waals surface area contributed by atoms with E-state index in [9.17, 15) is 5.11 Å². The van der Waals surface area contributed by atoms with Crippen LogP contribution in [0.5, 0.6) is 11.5 Å². The largest absolute Gasteiger partial charge is 0.867 e. The van der Waals surface area contributed by atoms with E-state index in [2.05, 4.69) is 18.3 Å². The van der Waals surface area contributed by atoms with Crippen molar-refractivity contribution in [2.75, 3.05) is 18.5 Å². The minimum absolute atomic E-state index is 0.202. The number of benzene rings is 2. The second-order valence-corrected chi connectivity index (χ2v) is 7.24. The van der Waals surface area contributed by atoms with Crippen LogP contribution < -0.4 is 24.5 Å². The van der Waals surface area contributed by atoms with E-state index in [1.807, 2.05) is 48.8 Å². The third-order valence-electron chi connectivity index (χ3n) is 4.80. The Morgan fingerprint density at radius 3 is 2.53 bits per heavy atom. The number of anilines is 1. The van der Waals surface area contributed by atoms with Gasteiger partial charge in [-0.1, -0.05) is 43.4 Å². The Labute approximate surface area is 181 Å². The minimum Gasteiger partial charge on any atom is -0.867 e. The summed E-state index contributed by atoms with van der Waals surface area (Å²) < 4.78 is 12.9. The van der Waals surface area contributed by atoms with Gasteiger partial charge in [0, 0.05) is 17.8 Å². The number of rotatable bonds is 5. The molecule has 2 heterocycles. The Balaban J connectivity index is 1.75. The van der Waals surface area contributed by atoms with Crippen LogP contribution in [0.3, 0.4) is 0 Å². The van der Waals surface area contributed by atoms with Crippen LogP contribution in [0.1, 0.15) is 18.1 Å². The molecule has 1 N–H and O–H groups in total. The molecule has 0 unspecified atom stereocenters. The number of hydrogen-bond acceptors (Lipinski definition) is 4. The van der Waals surface area contributed by atoms with Crippen molar-refractivity contribution in [3.05, 3.63) is 84.2 Å². The summed E-state index contributed by atoms with van der Waals surface area (Å²) in [7, 11) is 0. The first-order valence-electron chi connectivity index (χ1n) is 9.84. The molecule has 0 saturated heterocycles. The summed E-state index contributed by atoms with van der Waals surface area (Å²) >= 11 is 5.67. The van der Waals surface area contributed by atoms with Gasteiger partial charge in [-0.05, 0) is 47.6 Å². The SMILES string of the molecule is CCc1cccc(NC(=S)C(=C([O-])c2ccc3c(c2)OCCO3)[n+]2ccccc2)c1. The third-order valence-corrected chi connectivity index (χ3v) is 5.10. The van der Waals surface area contributed by atoms with Gasteiger partial charge in [-0.2, -0.15) is 4.57 Å². The Morgan fingerprint density at radius 1 is 1.00 bits per heavy atom. The van der Waals surface area contributed by atoms with Gasteiger partial charge in [0.2, 0.25) is 5.70 Å². The number of hydrogen-bond donors (Lipinski definition) is 1. The molecule has 0 fully saturated rings. The number of fused-ring (bicyclic) bond motifs is 1. The molecule has 1 aliphatic heterocycles. The van der Waals surface area contributed by atoms with E-state index in [0.717, 1.165) is 12.1 Å². The molecule has 152 valence electrons. The van der Waals surface area contributed by atoms with E-state index in [4.69, 9.17) is 21.7 Å². The molecular weight excluding hydrogens is 396 g/mol. The molecule has 6 heteroatoms. The Morgan fingerprint density at radius 2 is 1.77 bits per heavy atom. The predicted molar refractivity (Wildman–Crippen MR) is 119 cm³/mol. The zero-order valence-corrected chi connectivity index (χ0v) is 17.4. The van der Waals surface area contributed by atoms with Gasteiger partial charge in [-0.3, -0.25) is 0 Å². The summed E-state index contributed by atoms with van der Waals surface area (Å²) in [6, 6.07) is 18.8. The van der Waals surface area contributed by atoms with Crippen molar-refractivity contribution in [2.24, 2.45) is 0 Å². The molecule has 3 aromatic rings. The van der Waals surface area contributed by atoms with E-state index >= 15 is 0 Å². The second-order valence-electron chi connectivity index (χ2n) is 6.83. The lowest BCUT2D eigenvalue weighted by Gasteiger charge is -2.21. The monoisotopic (exact) mass is 418 g/mol. The maximum atomic E-state index is 13.5. The third kappa shape index (κ3) is 4.28. The van der Waals surface area contributed by atoms with Gasteiger partial charge in [0.05, 0.1) is 0 Å². The van der Waals surface area contributed by atoms with Gasteiger partial charge in [0.1, 0.15) is 13.2 Å². The van der Waals surface area contributed by atoms with Crippen molar-refractivity contribution in [3.63, 3.8) is 0 Å². The fourth-order valence-corrected chi connectivity index (χ4v) is 3.58. The summed E-state index contributed by atoms with van der Waals surface area (Å²) in [5, 5.41) is 16.7. The zero-order valence-electron chi connectivity index (χ0n) is 16.6. The van der Waals surface area contributed by atoms with Crippen molar-refractivity contribution < 1.29 is 19.1 Å². The highest BCUT2D eigenvalue weighted by Gasteiger charge is 2.20. The van der Waals surface area contributed by atoms with Gasteiger partial charge in [-0.25, -0.2) is 0 Å². The van der Waals surface area contributed by atoms with Crippen LogP contribution in [0.4, 0.5) is 5.69 Å². The van der Waals surface area contributed by atoms with Gasteiger partial charge in [0.15, 0.2) is 28.9 Å². The molecule has 30 heavy (non-hydrogen) atoms. The van der Waals surface area contributed by atoms with Crippen LogP contribution in [0.2, 0.25) is 0 Å². The number of nitrogens with zero attached hydrogens (tertiary/aromatic N) is 1. The Kier molecular flexibility index (Phi) is 5.95. The average molecular weight is 419 g/mol. The van der Waals surface area contributed by atoms with Crippen molar-refractivity contribution in [2.45, 2.75) is 13.3 Å². The quantitative estimate of drug-likeness (QED) is 0.298. The molecule has 4 rings (SSSR count). The lowest BCUT2D eigenvalue weighted by molar-refractivity contribution is -0.577. The molecule has 2 aromatic carbocycles. The topological polar surface area (TPSA) is 57.4 Å². The van der Waals surface area contributed by atoms with Gasteiger partial charge in [0.25, 0.3) is 0 Å². The highest BCUT2D eigenvalue weighted by Crippen LogP contribution is 2.32. The average Bonchev–Trinajstić information content (AvgIpc) is 2.79. The molecule has 0 aliphatic carbocycles. The highest BCUT2D eigenvalue weighted by molar-refractivity contribution is 7.81. The van der Waals surface area contributed by atoms with Crippen LogP contribution >= 0.6 is 12.2 Å². The number of aromatic nitrogens is 1. The summed E-state index contributed by atoms with van der Waals surface area (Å²) in [5.41, 5.74) is 2.89. The summed E-state index contributed by atoms with van der Waals surface area (Å²) in [5.74, 6) is 1.01. The van der Waals surface area contributed by atoms with Crippen LogP contribution in [0.25, 0.3) is 11.5 Å². The van der Waals surface area contributed by atoms with Crippen LogP contribution in [0.15, 0.2) is 73.1 Å². The molecular formula is C24H22N2O3S. The molecule has 1 aliphatic rings. The lowest BCUT2D eigenvalue weighted by Crippen LogP contribution is -2.39. The van der Waals surface area contributed by atoms with Gasteiger partial charge < -0.3 is 19.9 Å². The molecule has 0 radical (unpaired) electrons. The molecule has 5 nitrogen and oxygen atoms in total. The number of nitrogens with one attached hydrogen (secondary N) is 1. The van der Waals surface area contributed by atoms with E-state index in [-0.39, 0.29) is 5.76 Å². The standard InChI is InChI=1S/C24H22N2O3S/c1-2-17-7-6-8-19(15-17)25-24(30)22(26-11-4-3-5-12-26)23(27)18-9-10-20-21(16-18)29-14-13-28-20/h3-12,15-16H,2,13-14H2,1H3,(H-,25,27,30). The first-order chi connectivity index (χ1) is 14.7. The van der Waals surface area contributed by atoms with E-state index in [1.165, 1.54) is 5.56 Å². The molecule has 0 saturated carbocycles. The number of aryl methyl sites for hydroxylation is 1. The second kappa shape index (κ2) is 8.97. The lowest BCUT2D eigenvalue weighted by atomic mass is 10.1. The maximum absolute atomic E-state index is 13.5. The van der Waals surface area contributed by atoms with Gasteiger partial charge in [-0.15, -0.1) is 0 Å². The number of ether oxygens (including phenoxy) is 2. The highest BCUT2D eigenvalue weighted by atomic mass is 32.1. The first-order valence-corrected chi connectivity index (χ1v) is 10.2. The van der Waals surface area contributed by atoms with Crippen LogP contribution in [-0.4, -0.2) is 18.2 Å². The Hall–Kier alpha value is -3.38.